The summed E-state index contributed by atoms with van der Waals surface area (Å²) in [6.45, 7) is 0. The fourth-order valence-corrected chi connectivity index (χ4v) is 1.70. The van der Waals surface area contributed by atoms with Gasteiger partial charge in [0.25, 0.3) is 0 Å². The Morgan fingerprint density at radius 3 is 2.67 bits per heavy atom. The normalized spacial score (nSPS) is 10.6. The van der Waals surface area contributed by atoms with Crippen LogP contribution in [-0.4, -0.2) is 14.8 Å². The molecule has 0 N–H and O–H groups in total. The molecule has 0 amide bonds. The van der Waals surface area contributed by atoms with Gasteiger partial charge in [-0.2, -0.15) is 5.10 Å². The molecule has 2 rings (SSSR count). The first kappa shape index (κ1) is 10.7. The molecule has 2 aromatic rings. The average molecular weight is 263 g/mol. The van der Waals surface area contributed by atoms with Gasteiger partial charge in [0.15, 0.2) is 5.82 Å². The molecule has 2 aromatic heterocycles. The molecule has 3 nitrogen and oxygen atoms in total. The van der Waals surface area contributed by atoms with Crippen molar-refractivity contribution in [3.8, 4) is 5.82 Å². The molecule has 15 heavy (non-hydrogen) atoms. The van der Waals surface area contributed by atoms with E-state index in [4.69, 9.17) is 34.8 Å². The van der Waals surface area contributed by atoms with Crippen LogP contribution in [-0.2, 0) is 5.88 Å². The Kier molecular flexibility index (Phi) is 3.14. The van der Waals surface area contributed by atoms with Crippen molar-refractivity contribution in [1.82, 2.24) is 14.8 Å². The Balaban J connectivity index is 2.45. The third-order valence-corrected chi connectivity index (χ3v) is 2.61. The first-order chi connectivity index (χ1) is 7.20. The Bertz CT molecular complexity index is 481. The second-order valence-corrected chi connectivity index (χ2v) is 3.95. The van der Waals surface area contributed by atoms with Crippen LogP contribution in [0.25, 0.3) is 5.82 Å². The number of hydrogen-bond acceptors (Lipinski definition) is 2. The summed E-state index contributed by atoms with van der Waals surface area (Å²) in [4.78, 5) is 4.25. The molecule has 0 saturated heterocycles. The Morgan fingerprint density at radius 1 is 1.27 bits per heavy atom. The topological polar surface area (TPSA) is 30.7 Å². The maximum atomic E-state index is 5.89. The largest absolute Gasteiger partial charge is 0.231 e. The molecule has 0 radical (unpaired) electrons. The quantitative estimate of drug-likeness (QED) is 0.777. The van der Waals surface area contributed by atoms with Gasteiger partial charge in [-0.1, -0.05) is 23.2 Å². The molecule has 6 heteroatoms. The van der Waals surface area contributed by atoms with Crippen LogP contribution in [0.2, 0.25) is 10.0 Å². The number of halogens is 3. The third-order valence-electron chi connectivity index (χ3n) is 1.82. The summed E-state index contributed by atoms with van der Waals surface area (Å²) in [7, 11) is 0. The van der Waals surface area contributed by atoms with E-state index in [0.29, 0.717) is 21.6 Å². The summed E-state index contributed by atoms with van der Waals surface area (Å²) < 4.78 is 1.56. The second-order valence-electron chi connectivity index (χ2n) is 2.83. The standard InChI is InChI=1S/C9H6Cl3N3/c10-3-8-7(12)1-2-9(14-8)15-5-6(11)4-13-15/h1-2,4-5H,3H2. The van der Waals surface area contributed by atoms with Gasteiger partial charge in [-0.3, -0.25) is 0 Å². The van der Waals surface area contributed by atoms with Gasteiger partial charge in [-0.15, -0.1) is 11.6 Å². The Hall–Kier alpha value is -0.770. The van der Waals surface area contributed by atoms with Gasteiger partial charge < -0.3 is 0 Å². The van der Waals surface area contributed by atoms with Gasteiger partial charge in [-0.25, -0.2) is 9.67 Å². The lowest BCUT2D eigenvalue weighted by Crippen LogP contribution is -2.00. The molecule has 0 bridgehead atoms. The lowest BCUT2D eigenvalue weighted by atomic mass is 10.3. The van der Waals surface area contributed by atoms with Crippen LogP contribution in [0.5, 0.6) is 0 Å². The van der Waals surface area contributed by atoms with Crippen LogP contribution in [0.3, 0.4) is 0 Å². The van der Waals surface area contributed by atoms with E-state index < -0.39 is 0 Å². The van der Waals surface area contributed by atoms with Crippen LogP contribution in [0, 0.1) is 0 Å². The van der Waals surface area contributed by atoms with Crippen molar-refractivity contribution in [3.63, 3.8) is 0 Å². The van der Waals surface area contributed by atoms with E-state index in [0.717, 1.165) is 0 Å². The van der Waals surface area contributed by atoms with Gasteiger partial charge in [-0.05, 0) is 12.1 Å². The molecular formula is C9H6Cl3N3. The lowest BCUT2D eigenvalue weighted by Gasteiger charge is -2.03. The molecule has 0 unspecified atom stereocenters. The van der Waals surface area contributed by atoms with Crippen molar-refractivity contribution in [1.29, 1.82) is 0 Å². The molecule has 0 aromatic carbocycles. The van der Waals surface area contributed by atoms with Crippen LogP contribution < -0.4 is 0 Å². The zero-order valence-electron chi connectivity index (χ0n) is 7.49. The number of pyridine rings is 1. The lowest BCUT2D eigenvalue weighted by molar-refractivity contribution is 0.839. The predicted molar refractivity (Wildman–Crippen MR) is 60.9 cm³/mol. The number of rotatable bonds is 2. The molecule has 0 aliphatic heterocycles. The molecule has 0 fully saturated rings. The summed E-state index contributed by atoms with van der Waals surface area (Å²) in [6.07, 6.45) is 3.20. The van der Waals surface area contributed by atoms with Crippen molar-refractivity contribution >= 4 is 34.8 Å². The van der Waals surface area contributed by atoms with E-state index in [1.165, 1.54) is 6.20 Å². The van der Waals surface area contributed by atoms with Gasteiger partial charge in [0.2, 0.25) is 0 Å². The minimum atomic E-state index is 0.266. The van der Waals surface area contributed by atoms with Crippen LogP contribution in [0.15, 0.2) is 24.5 Å². The van der Waals surface area contributed by atoms with Gasteiger partial charge in [0, 0.05) is 0 Å². The van der Waals surface area contributed by atoms with Gasteiger partial charge >= 0.3 is 0 Å². The highest BCUT2D eigenvalue weighted by Gasteiger charge is 2.05. The second kappa shape index (κ2) is 4.39. The number of aromatic nitrogens is 3. The minimum Gasteiger partial charge on any atom is -0.231 e. The monoisotopic (exact) mass is 261 g/mol. The summed E-state index contributed by atoms with van der Waals surface area (Å²) >= 11 is 17.3. The molecule has 0 atom stereocenters. The summed E-state index contributed by atoms with van der Waals surface area (Å²) in [5, 5.41) is 5.13. The fourth-order valence-electron chi connectivity index (χ4n) is 1.12. The zero-order chi connectivity index (χ0) is 10.8. The molecule has 0 spiro atoms. The summed E-state index contributed by atoms with van der Waals surface area (Å²) in [5.74, 6) is 0.906. The third kappa shape index (κ3) is 2.25. The van der Waals surface area contributed by atoms with E-state index in [2.05, 4.69) is 10.1 Å². The molecule has 78 valence electrons. The molecule has 0 aliphatic rings. The van der Waals surface area contributed by atoms with Crippen molar-refractivity contribution in [2.75, 3.05) is 0 Å². The maximum absolute atomic E-state index is 5.89. The summed E-state index contributed by atoms with van der Waals surface area (Å²) in [6, 6.07) is 3.49. The first-order valence-corrected chi connectivity index (χ1v) is 5.41. The molecule has 0 saturated carbocycles. The highest BCUT2D eigenvalue weighted by Crippen LogP contribution is 2.18. The smallest absolute Gasteiger partial charge is 0.153 e. The van der Waals surface area contributed by atoms with Crippen LogP contribution in [0.4, 0.5) is 0 Å². The van der Waals surface area contributed by atoms with Crippen molar-refractivity contribution in [3.05, 3.63) is 40.3 Å². The summed E-state index contributed by atoms with van der Waals surface area (Å²) in [5.41, 5.74) is 0.627. The minimum absolute atomic E-state index is 0.266. The van der Waals surface area contributed by atoms with E-state index in [-0.39, 0.29) is 5.88 Å². The van der Waals surface area contributed by atoms with Gasteiger partial charge in [0.05, 0.1) is 34.0 Å². The van der Waals surface area contributed by atoms with E-state index in [9.17, 15) is 0 Å². The zero-order valence-corrected chi connectivity index (χ0v) is 9.76. The highest BCUT2D eigenvalue weighted by molar-refractivity contribution is 6.32. The fraction of sp³-hybridized carbons (Fsp3) is 0.111. The number of nitrogens with zero attached hydrogens (tertiary/aromatic N) is 3. The first-order valence-electron chi connectivity index (χ1n) is 4.12. The molecular weight excluding hydrogens is 256 g/mol. The molecule has 2 heterocycles. The average Bonchev–Trinajstić information content (AvgIpc) is 2.66. The van der Waals surface area contributed by atoms with Crippen molar-refractivity contribution < 1.29 is 0 Å². The number of hydrogen-bond donors (Lipinski definition) is 0. The van der Waals surface area contributed by atoms with Crippen molar-refractivity contribution in [2.45, 2.75) is 5.88 Å². The van der Waals surface area contributed by atoms with E-state index in [1.807, 2.05) is 0 Å². The Morgan fingerprint density at radius 2 is 2.07 bits per heavy atom. The predicted octanol–water partition coefficient (Wildman–Crippen LogP) is 3.31. The number of alkyl halides is 1. The SMILES string of the molecule is ClCc1nc(-n2cc(Cl)cn2)ccc1Cl. The van der Waals surface area contributed by atoms with Crippen LogP contribution >= 0.6 is 34.8 Å². The van der Waals surface area contributed by atoms with Crippen molar-refractivity contribution in [2.24, 2.45) is 0 Å². The maximum Gasteiger partial charge on any atom is 0.153 e. The van der Waals surface area contributed by atoms with Crippen LogP contribution in [0.1, 0.15) is 5.69 Å². The Labute approximate surface area is 102 Å². The van der Waals surface area contributed by atoms with E-state index in [1.54, 1.807) is 23.0 Å². The van der Waals surface area contributed by atoms with E-state index >= 15 is 0 Å². The highest BCUT2D eigenvalue weighted by atomic mass is 35.5. The molecule has 0 aliphatic carbocycles. The van der Waals surface area contributed by atoms with Gasteiger partial charge in [0.1, 0.15) is 0 Å².